The third kappa shape index (κ3) is 17.8. The fourth-order valence-electron chi connectivity index (χ4n) is 0.559. The molecule has 0 heterocycles. The zero-order valence-corrected chi connectivity index (χ0v) is 15.2. The van der Waals surface area contributed by atoms with Gasteiger partial charge in [0.1, 0.15) is 0 Å². The van der Waals surface area contributed by atoms with Gasteiger partial charge in [0.05, 0.1) is 0 Å². The van der Waals surface area contributed by atoms with Gasteiger partial charge in [-0.3, -0.25) is 39.4 Å². The molecule has 99 valence electrons. The smallest absolute Gasteiger partial charge is 0.447 e. The van der Waals surface area contributed by atoms with Gasteiger partial charge in [0.2, 0.25) is 0 Å². The average molecular weight is 516 g/mol. The minimum absolute atomic E-state index is 0. The Morgan fingerprint density at radius 2 is 1.17 bits per heavy atom. The van der Waals surface area contributed by atoms with Gasteiger partial charge in [-0.1, -0.05) is 0 Å². The summed E-state index contributed by atoms with van der Waals surface area (Å²) in [6.45, 7) is 5.61. The maximum absolute atomic E-state index is 10.7. The van der Waals surface area contributed by atoms with Crippen LogP contribution in [0.2, 0.25) is 0 Å². The van der Waals surface area contributed by atoms with Crippen LogP contribution in [0.3, 0.4) is 0 Å². The van der Waals surface area contributed by atoms with E-state index in [0.29, 0.717) is 0 Å². The number of esters is 4. The largest absolute Gasteiger partial charge is 2.00 e. The number of rotatable bonds is 4. The second kappa shape index (κ2) is 14.5. The van der Waals surface area contributed by atoms with Crippen molar-refractivity contribution in [3.05, 3.63) is 34.1 Å². The average Bonchev–Trinajstić information content (AvgIpc) is 2.00. The maximum Gasteiger partial charge on any atom is 2.00 e. The molecule has 0 aliphatic carbocycles. The zero-order valence-electron chi connectivity index (χ0n) is 9.67. The monoisotopic (exact) mass is 516 g/mol. The molecule has 0 aromatic rings. The molecule has 6 nitrogen and oxygen atoms in total. The van der Waals surface area contributed by atoms with Crippen molar-refractivity contribution in [2.75, 3.05) is 0 Å². The van der Waals surface area contributed by atoms with Crippen molar-refractivity contribution in [3.63, 3.8) is 0 Å². The van der Waals surface area contributed by atoms with Crippen LogP contribution in [0.1, 0.15) is 6.42 Å². The Labute approximate surface area is 142 Å². The Morgan fingerprint density at radius 1 is 0.889 bits per heavy atom. The Hall–Kier alpha value is -0.604. The number of carbonyl (C=O) groups excluding carboxylic acids is 4. The van der Waals surface area contributed by atoms with Crippen LogP contribution in [-0.4, -0.2) is 23.9 Å². The van der Waals surface area contributed by atoms with Crippen molar-refractivity contribution in [1.29, 1.82) is 0 Å². The van der Waals surface area contributed by atoms with Gasteiger partial charge < -0.3 is 29.7 Å². The van der Waals surface area contributed by atoms with E-state index in [9.17, 15) is 19.2 Å². The second-order valence-corrected chi connectivity index (χ2v) is 2.23. The number of hydrogen-bond acceptors (Lipinski definition) is 6. The summed E-state index contributed by atoms with van der Waals surface area (Å²) in [5, 5.41) is 0. The van der Waals surface area contributed by atoms with Crippen molar-refractivity contribution in [2.45, 2.75) is 6.42 Å². The van der Waals surface area contributed by atoms with Crippen LogP contribution in [-0.2, 0) is 47.2 Å². The topological polar surface area (TPSA) is 86.7 Å². The molecule has 0 rings (SSSR count). The van der Waals surface area contributed by atoms with E-state index in [1.54, 1.807) is 0 Å². The standard InChI is InChI=1S/C9H8O6.CH3.U.V/c1-6(10)14-8(12)4-3-5-9(13)15-7(2)11;;;/h4-5H,1-3H2;1H3;;/q-4;-1;+2;. The Bertz CT molecular complexity index is 264. The number of hydrogen-bond donors (Lipinski definition) is 0. The van der Waals surface area contributed by atoms with Gasteiger partial charge in [0.15, 0.2) is 23.9 Å². The summed E-state index contributed by atoms with van der Waals surface area (Å²) < 4.78 is 8.03. The minimum atomic E-state index is -0.994. The van der Waals surface area contributed by atoms with Gasteiger partial charge in [-0.05, 0) is 0 Å². The molecular formula is C10H11O6UV-3. The van der Waals surface area contributed by atoms with Crippen molar-refractivity contribution >= 4 is 23.9 Å². The zero-order chi connectivity index (χ0) is 11.8. The van der Waals surface area contributed by atoms with Crippen LogP contribution in [0.4, 0.5) is 0 Å². The summed E-state index contributed by atoms with van der Waals surface area (Å²) in [5.41, 5.74) is 0. The molecule has 0 fully saturated rings. The van der Waals surface area contributed by atoms with Gasteiger partial charge in [-0.15, -0.1) is 0 Å². The van der Waals surface area contributed by atoms with Crippen molar-refractivity contribution < 1.29 is 78.3 Å². The SMILES string of the molecule is [CH2-]C(=O)OC(=O)[CH-]C[CH-]C(=O)OC([CH2-])=O.[CH3-].[U+2].[V]. The first-order valence-electron chi connectivity index (χ1n) is 3.73. The molecule has 0 aliphatic heterocycles. The molecule has 0 bridgehead atoms. The molecule has 0 N–H and O–H groups in total. The van der Waals surface area contributed by atoms with Gasteiger partial charge in [0, 0.05) is 18.6 Å². The molecule has 0 saturated carbocycles. The summed E-state index contributed by atoms with van der Waals surface area (Å²) >= 11 is 0. The molecule has 0 unspecified atom stereocenters. The quantitative estimate of drug-likeness (QED) is 0.298. The van der Waals surface area contributed by atoms with Crippen LogP contribution in [0.15, 0.2) is 0 Å². The van der Waals surface area contributed by atoms with Gasteiger partial charge >= 0.3 is 31.1 Å². The second-order valence-electron chi connectivity index (χ2n) is 2.23. The predicted octanol–water partition coefficient (Wildman–Crippen LogP) is 0.0407. The Kier molecular flexibility index (Phi) is 20.9. The molecule has 0 aromatic heterocycles. The first-order valence-corrected chi connectivity index (χ1v) is 3.73. The van der Waals surface area contributed by atoms with E-state index < -0.39 is 23.9 Å². The normalized spacial score (nSPS) is 7.11. The van der Waals surface area contributed by atoms with E-state index >= 15 is 0 Å². The Morgan fingerprint density at radius 3 is 1.39 bits per heavy atom. The molecule has 0 aromatic carbocycles. The Balaban J connectivity index is -0.000000327. The molecule has 0 aliphatic rings. The van der Waals surface area contributed by atoms with Crippen LogP contribution in [0.25, 0.3) is 0 Å². The molecule has 1 radical (unpaired) electrons. The minimum Gasteiger partial charge on any atom is -0.447 e. The predicted molar refractivity (Wildman–Crippen MR) is 52.5 cm³/mol. The van der Waals surface area contributed by atoms with Crippen molar-refractivity contribution in [1.82, 2.24) is 0 Å². The molecule has 0 atom stereocenters. The van der Waals surface area contributed by atoms with Gasteiger partial charge in [-0.2, -0.15) is 0 Å². The van der Waals surface area contributed by atoms with E-state index in [1.807, 2.05) is 0 Å². The number of ether oxygens (including phenoxy) is 2. The van der Waals surface area contributed by atoms with Crippen LogP contribution >= 0.6 is 0 Å². The van der Waals surface area contributed by atoms with E-state index in [2.05, 4.69) is 23.3 Å². The molecule has 8 heteroatoms. The van der Waals surface area contributed by atoms with Crippen LogP contribution in [0, 0.1) is 65.2 Å². The van der Waals surface area contributed by atoms with E-state index in [0.717, 1.165) is 12.8 Å². The fourth-order valence-corrected chi connectivity index (χ4v) is 0.559. The third-order valence-electron chi connectivity index (χ3n) is 0.998. The number of carbonyl (C=O) groups is 4. The first kappa shape index (κ1) is 26.1. The fraction of sp³-hybridized carbons (Fsp3) is 0.100. The van der Waals surface area contributed by atoms with Crippen molar-refractivity contribution in [3.8, 4) is 0 Å². The summed E-state index contributed by atoms with van der Waals surface area (Å²) in [7, 11) is 0. The molecule has 0 spiro atoms. The maximum atomic E-state index is 10.7. The van der Waals surface area contributed by atoms with Gasteiger partial charge in [0.25, 0.3) is 0 Å². The summed E-state index contributed by atoms with van der Waals surface area (Å²) in [6, 6.07) is 0. The third-order valence-corrected chi connectivity index (χ3v) is 0.998. The summed E-state index contributed by atoms with van der Waals surface area (Å²) in [4.78, 5) is 41.7. The van der Waals surface area contributed by atoms with E-state index in [1.165, 1.54) is 0 Å². The van der Waals surface area contributed by atoms with Crippen LogP contribution in [0.5, 0.6) is 0 Å². The molecule has 0 amide bonds. The summed E-state index contributed by atoms with van der Waals surface area (Å²) in [6.07, 6.45) is 1.70. The molecule has 18 heavy (non-hydrogen) atoms. The summed E-state index contributed by atoms with van der Waals surface area (Å²) in [5.74, 6) is -3.85. The molecular weight excluding hydrogens is 505 g/mol. The van der Waals surface area contributed by atoms with E-state index in [-0.39, 0.29) is 63.5 Å². The van der Waals surface area contributed by atoms with Crippen molar-refractivity contribution in [2.24, 2.45) is 0 Å². The first-order chi connectivity index (χ1) is 6.91. The van der Waals surface area contributed by atoms with E-state index in [4.69, 9.17) is 0 Å². The van der Waals surface area contributed by atoms with Gasteiger partial charge in [-0.25, -0.2) is 0 Å². The molecule has 0 saturated heterocycles. The van der Waals surface area contributed by atoms with Crippen LogP contribution < -0.4 is 0 Å².